The number of likely N-dealkylation sites (tertiary alicyclic amines) is 1. The van der Waals surface area contributed by atoms with Crippen molar-refractivity contribution in [3.8, 4) is 0 Å². The maximum absolute atomic E-state index is 5.22. The zero-order valence-electron chi connectivity index (χ0n) is 7.47. The van der Waals surface area contributed by atoms with E-state index in [0.717, 1.165) is 19.3 Å². The van der Waals surface area contributed by atoms with Crippen molar-refractivity contribution >= 4 is 0 Å². The van der Waals surface area contributed by atoms with Crippen LogP contribution >= 0.6 is 0 Å². The molecular weight excluding hydrogens is 138 g/mol. The first kappa shape index (κ1) is 7.56. The van der Waals surface area contributed by atoms with E-state index in [4.69, 9.17) is 4.74 Å². The molecule has 1 atom stereocenters. The minimum atomic E-state index is 0.601. The van der Waals surface area contributed by atoms with Crippen molar-refractivity contribution in [2.24, 2.45) is 5.41 Å². The maximum atomic E-state index is 5.22. The molecule has 2 heterocycles. The number of rotatable bonds is 2. The van der Waals surface area contributed by atoms with Gasteiger partial charge in [0.1, 0.15) is 0 Å². The predicted molar refractivity (Wildman–Crippen MR) is 44.6 cm³/mol. The van der Waals surface area contributed by atoms with Crippen molar-refractivity contribution in [2.45, 2.75) is 26.3 Å². The topological polar surface area (TPSA) is 12.5 Å². The van der Waals surface area contributed by atoms with Crippen LogP contribution in [0.25, 0.3) is 0 Å². The lowest BCUT2D eigenvalue weighted by Gasteiger charge is -2.57. The number of nitrogens with zero attached hydrogens (tertiary/aromatic N) is 1. The molecule has 2 nitrogen and oxygen atoms in total. The summed E-state index contributed by atoms with van der Waals surface area (Å²) >= 11 is 0. The average Bonchev–Trinajstić information content (AvgIpc) is 1.81. The predicted octanol–water partition coefficient (Wildman–Crippen LogP) is 1.12. The minimum Gasteiger partial charge on any atom is -0.380 e. The van der Waals surface area contributed by atoms with Gasteiger partial charge in [0.05, 0.1) is 13.2 Å². The van der Waals surface area contributed by atoms with Gasteiger partial charge in [-0.25, -0.2) is 0 Å². The van der Waals surface area contributed by atoms with Crippen LogP contribution in [0.3, 0.4) is 0 Å². The van der Waals surface area contributed by atoms with Gasteiger partial charge in [-0.05, 0) is 13.3 Å². The van der Waals surface area contributed by atoms with Crippen molar-refractivity contribution in [2.75, 3.05) is 26.3 Å². The smallest absolute Gasteiger partial charge is 0.0569 e. The number of hydrogen-bond donors (Lipinski definition) is 0. The monoisotopic (exact) mass is 155 g/mol. The Morgan fingerprint density at radius 2 is 2.09 bits per heavy atom. The third-order valence-electron chi connectivity index (χ3n) is 3.11. The van der Waals surface area contributed by atoms with Gasteiger partial charge in [-0.2, -0.15) is 0 Å². The van der Waals surface area contributed by atoms with Crippen LogP contribution in [0.4, 0.5) is 0 Å². The first-order chi connectivity index (χ1) is 5.26. The van der Waals surface area contributed by atoms with Crippen LogP contribution in [0.2, 0.25) is 0 Å². The Kier molecular flexibility index (Phi) is 1.69. The summed E-state index contributed by atoms with van der Waals surface area (Å²) in [5, 5.41) is 0. The molecule has 2 saturated heterocycles. The lowest BCUT2D eigenvalue weighted by Crippen LogP contribution is -2.67. The molecule has 0 amide bonds. The molecule has 2 rings (SSSR count). The molecule has 0 unspecified atom stereocenters. The lowest BCUT2D eigenvalue weighted by molar-refractivity contribution is -0.197. The van der Waals surface area contributed by atoms with Crippen LogP contribution in [-0.2, 0) is 4.74 Å². The summed E-state index contributed by atoms with van der Waals surface area (Å²) in [6.45, 7) is 9.16. The van der Waals surface area contributed by atoms with Crippen LogP contribution in [-0.4, -0.2) is 37.2 Å². The summed E-state index contributed by atoms with van der Waals surface area (Å²) in [7, 11) is 0. The molecule has 2 aliphatic heterocycles. The molecule has 0 aliphatic carbocycles. The highest BCUT2D eigenvalue weighted by Gasteiger charge is 2.49. The average molecular weight is 155 g/mol. The second kappa shape index (κ2) is 2.46. The SMILES string of the molecule is CC[C@H](C)N1CC2(COC2)C1. The van der Waals surface area contributed by atoms with Gasteiger partial charge in [0.25, 0.3) is 0 Å². The first-order valence-electron chi connectivity index (χ1n) is 4.57. The van der Waals surface area contributed by atoms with Crippen molar-refractivity contribution in [3.63, 3.8) is 0 Å². The van der Waals surface area contributed by atoms with Crippen molar-refractivity contribution in [3.05, 3.63) is 0 Å². The summed E-state index contributed by atoms with van der Waals surface area (Å²) in [6, 6.07) is 0.779. The third kappa shape index (κ3) is 1.09. The Morgan fingerprint density at radius 3 is 2.45 bits per heavy atom. The van der Waals surface area contributed by atoms with Crippen molar-refractivity contribution < 1.29 is 4.74 Å². The van der Waals surface area contributed by atoms with E-state index in [1.807, 2.05) is 0 Å². The van der Waals surface area contributed by atoms with Gasteiger partial charge in [-0.15, -0.1) is 0 Å². The highest BCUT2D eigenvalue weighted by atomic mass is 16.5. The lowest BCUT2D eigenvalue weighted by atomic mass is 9.77. The van der Waals surface area contributed by atoms with Crippen LogP contribution in [0, 0.1) is 5.41 Å². The van der Waals surface area contributed by atoms with Gasteiger partial charge >= 0.3 is 0 Å². The zero-order valence-corrected chi connectivity index (χ0v) is 7.47. The van der Waals surface area contributed by atoms with Crippen molar-refractivity contribution in [1.82, 2.24) is 4.90 Å². The summed E-state index contributed by atoms with van der Waals surface area (Å²) in [5.74, 6) is 0. The number of hydrogen-bond acceptors (Lipinski definition) is 2. The van der Waals surface area contributed by atoms with Gasteiger partial charge < -0.3 is 4.74 Å². The zero-order chi connectivity index (χ0) is 7.90. The van der Waals surface area contributed by atoms with E-state index in [1.54, 1.807) is 0 Å². The largest absolute Gasteiger partial charge is 0.380 e. The molecule has 0 saturated carbocycles. The normalized spacial score (nSPS) is 31.1. The fourth-order valence-corrected chi connectivity index (χ4v) is 1.96. The van der Waals surface area contributed by atoms with Gasteiger partial charge in [-0.1, -0.05) is 6.92 Å². The summed E-state index contributed by atoms with van der Waals surface area (Å²) < 4.78 is 5.22. The van der Waals surface area contributed by atoms with Gasteiger partial charge in [0.2, 0.25) is 0 Å². The Balaban J connectivity index is 1.78. The molecular formula is C9H17NO. The van der Waals surface area contributed by atoms with Crippen molar-refractivity contribution in [1.29, 1.82) is 0 Å². The van der Waals surface area contributed by atoms with E-state index in [9.17, 15) is 0 Å². The summed E-state index contributed by atoms with van der Waals surface area (Å²) in [5.41, 5.74) is 0.601. The van der Waals surface area contributed by atoms with Crippen LogP contribution in [0.5, 0.6) is 0 Å². The van der Waals surface area contributed by atoms with E-state index < -0.39 is 0 Å². The highest BCUT2D eigenvalue weighted by molar-refractivity contribution is 5.00. The quantitative estimate of drug-likeness (QED) is 0.592. The second-order valence-electron chi connectivity index (χ2n) is 4.16. The summed E-state index contributed by atoms with van der Waals surface area (Å²) in [6.07, 6.45) is 1.27. The molecule has 0 aromatic carbocycles. The minimum absolute atomic E-state index is 0.601. The fraction of sp³-hybridized carbons (Fsp3) is 1.00. The molecule has 0 aromatic rings. The Hall–Kier alpha value is -0.0800. The standard InChI is InChI=1S/C9H17NO/c1-3-8(2)10-4-9(5-10)6-11-7-9/h8H,3-7H2,1-2H3/t8-/m0/s1. The van der Waals surface area contributed by atoms with Gasteiger partial charge in [0, 0.05) is 24.5 Å². The molecule has 0 radical (unpaired) electrons. The number of ether oxygens (including phenoxy) is 1. The van der Waals surface area contributed by atoms with Gasteiger partial charge in [0.15, 0.2) is 0 Å². The Bertz CT molecular complexity index is 146. The van der Waals surface area contributed by atoms with E-state index in [0.29, 0.717) is 5.41 Å². The molecule has 0 N–H and O–H groups in total. The Labute approximate surface area is 68.5 Å². The summed E-state index contributed by atoms with van der Waals surface area (Å²) in [4.78, 5) is 2.56. The van der Waals surface area contributed by atoms with Crippen LogP contribution in [0.15, 0.2) is 0 Å². The fourth-order valence-electron chi connectivity index (χ4n) is 1.96. The molecule has 64 valence electrons. The van der Waals surface area contributed by atoms with E-state index in [-0.39, 0.29) is 0 Å². The van der Waals surface area contributed by atoms with Gasteiger partial charge in [-0.3, -0.25) is 4.90 Å². The van der Waals surface area contributed by atoms with E-state index in [2.05, 4.69) is 18.7 Å². The van der Waals surface area contributed by atoms with Crippen LogP contribution in [0.1, 0.15) is 20.3 Å². The van der Waals surface area contributed by atoms with Crippen LogP contribution < -0.4 is 0 Å². The molecule has 0 bridgehead atoms. The molecule has 0 aromatic heterocycles. The molecule has 2 fully saturated rings. The molecule has 2 aliphatic rings. The molecule has 1 spiro atoms. The molecule has 11 heavy (non-hydrogen) atoms. The van der Waals surface area contributed by atoms with E-state index in [1.165, 1.54) is 19.5 Å². The van der Waals surface area contributed by atoms with E-state index >= 15 is 0 Å². The molecule has 2 heteroatoms. The highest BCUT2D eigenvalue weighted by Crippen LogP contribution is 2.38. The second-order valence-corrected chi connectivity index (χ2v) is 4.16. The third-order valence-corrected chi connectivity index (χ3v) is 3.11. The maximum Gasteiger partial charge on any atom is 0.0569 e. The first-order valence-corrected chi connectivity index (χ1v) is 4.57. The Morgan fingerprint density at radius 1 is 1.45 bits per heavy atom.